The van der Waals surface area contributed by atoms with Crippen molar-refractivity contribution < 1.29 is 18.7 Å². The summed E-state index contributed by atoms with van der Waals surface area (Å²) in [5, 5.41) is 8.51. The molecule has 5 heteroatoms. The monoisotopic (exact) mass is 297 g/mol. The fourth-order valence-electron chi connectivity index (χ4n) is 1.75. The van der Waals surface area contributed by atoms with Crippen LogP contribution in [0.15, 0.2) is 48.5 Å². The number of allylic oxidation sites excluding steroid dienone is 1. The molecule has 22 heavy (non-hydrogen) atoms. The molecule has 0 saturated carbocycles. The van der Waals surface area contributed by atoms with Gasteiger partial charge in [-0.2, -0.15) is 5.26 Å². The van der Waals surface area contributed by atoms with Gasteiger partial charge in [-0.3, -0.25) is 0 Å². The molecule has 0 N–H and O–H groups in total. The lowest BCUT2D eigenvalue weighted by atomic mass is 10.2. The molecule has 0 saturated heterocycles. The molecule has 0 aliphatic rings. The molecule has 110 valence electrons. The predicted molar refractivity (Wildman–Crippen MR) is 79.0 cm³/mol. The molecule has 2 aromatic carbocycles. The van der Waals surface area contributed by atoms with Gasteiger partial charge in [-0.25, -0.2) is 9.18 Å². The molecule has 2 aromatic rings. The minimum absolute atomic E-state index is 0.233. The first-order valence-corrected chi connectivity index (χ1v) is 6.36. The van der Waals surface area contributed by atoms with E-state index < -0.39 is 11.8 Å². The standard InChI is InChI=1S/C17H12FNO3/c1-21-16-11-12(3-2-10-19)4-9-15(16)22-17(20)13-5-7-14(18)8-6-13/h2-9,11H,1H3. The summed E-state index contributed by atoms with van der Waals surface area (Å²) in [5.41, 5.74) is 0.969. The Morgan fingerprint density at radius 2 is 1.91 bits per heavy atom. The summed E-state index contributed by atoms with van der Waals surface area (Å²) < 4.78 is 23.3. The van der Waals surface area contributed by atoms with Gasteiger partial charge >= 0.3 is 5.97 Å². The van der Waals surface area contributed by atoms with Crippen molar-refractivity contribution >= 4 is 12.0 Å². The Hall–Kier alpha value is -3.13. The van der Waals surface area contributed by atoms with Crippen LogP contribution < -0.4 is 9.47 Å². The van der Waals surface area contributed by atoms with E-state index in [2.05, 4.69) is 0 Å². The molecule has 0 radical (unpaired) electrons. The van der Waals surface area contributed by atoms with Gasteiger partial charge in [0.15, 0.2) is 11.5 Å². The molecular weight excluding hydrogens is 285 g/mol. The normalized spacial score (nSPS) is 10.2. The molecule has 0 fully saturated rings. The fourth-order valence-corrected chi connectivity index (χ4v) is 1.75. The highest BCUT2D eigenvalue weighted by Crippen LogP contribution is 2.29. The number of hydrogen-bond acceptors (Lipinski definition) is 4. The molecule has 0 aromatic heterocycles. The Balaban J connectivity index is 2.22. The van der Waals surface area contributed by atoms with Crippen molar-refractivity contribution in [3.8, 4) is 17.6 Å². The predicted octanol–water partition coefficient (Wildman–Crippen LogP) is 3.59. The highest BCUT2D eigenvalue weighted by Gasteiger charge is 2.12. The Morgan fingerprint density at radius 3 is 2.55 bits per heavy atom. The van der Waals surface area contributed by atoms with Gasteiger partial charge in [0.2, 0.25) is 0 Å². The number of nitrogens with zero attached hydrogens (tertiary/aromatic N) is 1. The van der Waals surface area contributed by atoms with Gasteiger partial charge in [-0.1, -0.05) is 6.07 Å². The zero-order valence-corrected chi connectivity index (χ0v) is 11.7. The maximum Gasteiger partial charge on any atom is 0.343 e. The number of nitriles is 1. The highest BCUT2D eigenvalue weighted by molar-refractivity contribution is 5.91. The molecule has 0 atom stereocenters. The smallest absolute Gasteiger partial charge is 0.343 e. The van der Waals surface area contributed by atoms with E-state index in [1.54, 1.807) is 24.3 Å². The van der Waals surface area contributed by atoms with Crippen LogP contribution in [0.5, 0.6) is 11.5 Å². The highest BCUT2D eigenvalue weighted by atomic mass is 19.1. The second-order valence-electron chi connectivity index (χ2n) is 4.27. The minimum Gasteiger partial charge on any atom is -0.493 e. The van der Waals surface area contributed by atoms with Crippen molar-refractivity contribution in [3.63, 3.8) is 0 Å². The Labute approximate surface area is 127 Å². The SMILES string of the molecule is COc1cc(C=CC#N)ccc1OC(=O)c1ccc(F)cc1. The van der Waals surface area contributed by atoms with Crippen LogP contribution in [-0.4, -0.2) is 13.1 Å². The summed E-state index contributed by atoms with van der Waals surface area (Å²) >= 11 is 0. The molecule has 0 spiro atoms. The van der Waals surface area contributed by atoms with Crippen molar-refractivity contribution in [2.24, 2.45) is 0 Å². The Kier molecular flexibility index (Phi) is 4.89. The van der Waals surface area contributed by atoms with Crippen LogP contribution in [0.3, 0.4) is 0 Å². The first-order valence-electron chi connectivity index (χ1n) is 6.36. The summed E-state index contributed by atoms with van der Waals surface area (Å²) in [7, 11) is 1.45. The molecule has 4 nitrogen and oxygen atoms in total. The fraction of sp³-hybridized carbons (Fsp3) is 0.0588. The number of halogens is 1. The van der Waals surface area contributed by atoms with Crippen LogP contribution in [0.2, 0.25) is 0 Å². The summed E-state index contributed by atoms with van der Waals surface area (Å²) in [6, 6.07) is 11.8. The van der Waals surface area contributed by atoms with Gasteiger partial charge in [0, 0.05) is 6.08 Å². The summed E-state index contributed by atoms with van der Waals surface area (Å²) in [4.78, 5) is 12.0. The van der Waals surface area contributed by atoms with Crippen LogP contribution >= 0.6 is 0 Å². The molecule has 0 aliphatic heterocycles. The molecule has 0 aliphatic carbocycles. The third kappa shape index (κ3) is 3.70. The van der Waals surface area contributed by atoms with Gasteiger partial charge in [0.1, 0.15) is 5.82 Å². The Bertz CT molecular complexity index is 745. The van der Waals surface area contributed by atoms with Gasteiger partial charge in [0.25, 0.3) is 0 Å². The Morgan fingerprint density at radius 1 is 1.18 bits per heavy atom. The number of carbonyl (C=O) groups excluding carboxylic acids is 1. The van der Waals surface area contributed by atoms with Crippen LogP contribution in [0.25, 0.3) is 6.08 Å². The number of ether oxygens (including phenoxy) is 2. The van der Waals surface area contributed by atoms with Crippen molar-refractivity contribution in [3.05, 3.63) is 65.5 Å². The lowest BCUT2D eigenvalue weighted by molar-refractivity contribution is 0.0729. The minimum atomic E-state index is -0.612. The van der Waals surface area contributed by atoms with Gasteiger partial charge in [0.05, 0.1) is 18.7 Å². The number of esters is 1. The molecular formula is C17H12FNO3. The van der Waals surface area contributed by atoms with E-state index in [0.29, 0.717) is 5.75 Å². The van der Waals surface area contributed by atoms with E-state index in [-0.39, 0.29) is 11.3 Å². The van der Waals surface area contributed by atoms with Crippen LogP contribution in [0.4, 0.5) is 4.39 Å². The molecule has 2 rings (SSSR count). The van der Waals surface area contributed by atoms with E-state index in [1.807, 2.05) is 6.07 Å². The quantitative estimate of drug-likeness (QED) is 0.491. The maximum atomic E-state index is 12.8. The van der Waals surface area contributed by atoms with Crippen molar-refractivity contribution in [1.29, 1.82) is 5.26 Å². The topological polar surface area (TPSA) is 59.3 Å². The van der Waals surface area contributed by atoms with E-state index in [4.69, 9.17) is 14.7 Å². The van der Waals surface area contributed by atoms with Gasteiger partial charge in [-0.15, -0.1) is 0 Å². The van der Waals surface area contributed by atoms with Crippen LogP contribution in [-0.2, 0) is 0 Å². The first-order chi connectivity index (χ1) is 10.6. The van der Waals surface area contributed by atoms with E-state index >= 15 is 0 Å². The lowest BCUT2D eigenvalue weighted by Crippen LogP contribution is -2.09. The zero-order chi connectivity index (χ0) is 15.9. The van der Waals surface area contributed by atoms with Crippen molar-refractivity contribution in [2.45, 2.75) is 0 Å². The largest absolute Gasteiger partial charge is 0.493 e. The zero-order valence-electron chi connectivity index (χ0n) is 11.7. The third-order valence-corrected chi connectivity index (χ3v) is 2.82. The maximum absolute atomic E-state index is 12.8. The molecule has 0 unspecified atom stereocenters. The van der Waals surface area contributed by atoms with Crippen molar-refractivity contribution in [1.82, 2.24) is 0 Å². The number of carbonyl (C=O) groups is 1. The average molecular weight is 297 g/mol. The summed E-state index contributed by atoms with van der Waals surface area (Å²) in [6.07, 6.45) is 2.94. The van der Waals surface area contributed by atoms with E-state index in [1.165, 1.54) is 37.5 Å². The second kappa shape index (κ2) is 7.04. The van der Waals surface area contributed by atoms with Crippen LogP contribution in [0.1, 0.15) is 15.9 Å². The number of rotatable bonds is 4. The second-order valence-corrected chi connectivity index (χ2v) is 4.27. The van der Waals surface area contributed by atoms with Gasteiger partial charge in [-0.05, 0) is 48.0 Å². The van der Waals surface area contributed by atoms with E-state index in [9.17, 15) is 9.18 Å². The lowest BCUT2D eigenvalue weighted by Gasteiger charge is -2.10. The molecule has 0 amide bonds. The number of hydrogen-bond donors (Lipinski definition) is 0. The first kappa shape index (κ1) is 15.3. The molecule has 0 heterocycles. The van der Waals surface area contributed by atoms with Crippen LogP contribution in [0, 0.1) is 17.1 Å². The summed E-state index contributed by atoms with van der Waals surface area (Å²) in [6.45, 7) is 0. The molecule has 0 bridgehead atoms. The number of benzene rings is 2. The van der Waals surface area contributed by atoms with Gasteiger partial charge < -0.3 is 9.47 Å². The number of methoxy groups -OCH3 is 1. The third-order valence-electron chi connectivity index (χ3n) is 2.82. The summed E-state index contributed by atoms with van der Waals surface area (Å²) in [5.74, 6) is -0.442. The van der Waals surface area contributed by atoms with Crippen molar-refractivity contribution in [2.75, 3.05) is 7.11 Å². The average Bonchev–Trinajstić information content (AvgIpc) is 2.54. The van der Waals surface area contributed by atoms with E-state index in [0.717, 1.165) is 5.56 Å².